The lowest BCUT2D eigenvalue weighted by Crippen LogP contribution is -2.42. The topological polar surface area (TPSA) is 55.6 Å². The summed E-state index contributed by atoms with van der Waals surface area (Å²) < 4.78 is 5.36. The average Bonchev–Trinajstić information content (AvgIpc) is 2.15. The molecule has 0 bridgehead atoms. The molecule has 0 aromatic heterocycles. The molecule has 1 heterocycles. The molecular weight excluding hydrogens is 216 g/mol. The lowest BCUT2D eigenvalue weighted by molar-refractivity contribution is 0.0180. The van der Waals surface area contributed by atoms with Gasteiger partial charge in [-0.2, -0.15) is 0 Å². The molecule has 0 aromatic carbocycles. The van der Waals surface area contributed by atoms with Gasteiger partial charge in [-0.1, -0.05) is 0 Å². The number of piperidine rings is 1. The second-order valence-electron chi connectivity index (χ2n) is 6.12. The molecule has 0 aromatic rings. The highest BCUT2D eigenvalue weighted by Crippen LogP contribution is 2.22. The lowest BCUT2D eigenvalue weighted by atomic mass is 9.91. The molecule has 1 amide bonds. The zero-order valence-corrected chi connectivity index (χ0v) is 11.5. The Kier molecular flexibility index (Phi) is 4.80. The van der Waals surface area contributed by atoms with Crippen molar-refractivity contribution < 1.29 is 9.53 Å². The number of nitrogens with two attached hydrogens (primary N) is 1. The normalized spacial score (nSPS) is 20.2. The standard InChI is InChI=1S/C13H26N2O2/c1-10(14)9-11-5-7-15(8-6-11)12(16)17-13(2,3)4/h10-11H,5-9,14H2,1-4H3. The maximum atomic E-state index is 11.8. The number of hydrogen-bond acceptors (Lipinski definition) is 3. The van der Waals surface area contributed by atoms with Crippen LogP contribution in [0.15, 0.2) is 0 Å². The Morgan fingerprint density at radius 2 is 1.94 bits per heavy atom. The summed E-state index contributed by atoms with van der Waals surface area (Å²) >= 11 is 0. The number of carbonyl (C=O) groups excluding carboxylic acids is 1. The van der Waals surface area contributed by atoms with Crippen LogP contribution in [0.3, 0.4) is 0 Å². The first-order chi connectivity index (χ1) is 7.78. The highest BCUT2D eigenvalue weighted by atomic mass is 16.6. The number of nitrogens with zero attached hydrogens (tertiary/aromatic N) is 1. The molecule has 0 saturated carbocycles. The first-order valence-electron chi connectivity index (χ1n) is 6.51. The van der Waals surface area contributed by atoms with Crippen molar-refractivity contribution >= 4 is 6.09 Å². The van der Waals surface area contributed by atoms with Crippen LogP contribution in [-0.4, -0.2) is 35.7 Å². The van der Waals surface area contributed by atoms with E-state index in [0.717, 1.165) is 32.4 Å². The Morgan fingerprint density at radius 1 is 1.41 bits per heavy atom. The van der Waals surface area contributed by atoms with Gasteiger partial charge in [0.15, 0.2) is 0 Å². The van der Waals surface area contributed by atoms with Crippen LogP contribution >= 0.6 is 0 Å². The molecule has 1 unspecified atom stereocenters. The molecule has 100 valence electrons. The number of amides is 1. The van der Waals surface area contributed by atoms with Crippen molar-refractivity contribution in [1.82, 2.24) is 4.90 Å². The maximum absolute atomic E-state index is 11.8. The smallest absolute Gasteiger partial charge is 0.410 e. The van der Waals surface area contributed by atoms with Crippen LogP contribution < -0.4 is 5.73 Å². The van der Waals surface area contributed by atoms with Crippen LogP contribution in [-0.2, 0) is 4.74 Å². The summed E-state index contributed by atoms with van der Waals surface area (Å²) in [5.41, 5.74) is 5.39. The van der Waals surface area contributed by atoms with E-state index < -0.39 is 5.60 Å². The Hall–Kier alpha value is -0.770. The molecule has 1 fully saturated rings. The molecule has 4 nitrogen and oxygen atoms in total. The van der Waals surface area contributed by atoms with E-state index in [1.807, 2.05) is 32.6 Å². The number of ether oxygens (including phenoxy) is 1. The van der Waals surface area contributed by atoms with Gasteiger partial charge in [-0.15, -0.1) is 0 Å². The largest absolute Gasteiger partial charge is 0.444 e. The van der Waals surface area contributed by atoms with Crippen LogP contribution in [0.2, 0.25) is 0 Å². The Bertz CT molecular complexity index is 251. The Labute approximate surface area is 104 Å². The van der Waals surface area contributed by atoms with Crippen LogP contribution in [0.1, 0.15) is 47.0 Å². The first-order valence-corrected chi connectivity index (χ1v) is 6.51. The second-order valence-corrected chi connectivity index (χ2v) is 6.12. The Balaban J connectivity index is 2.34. The molecule has 1 aliphatic rings. The minimum Gasteiger partial charge on any atom is -0.444 e. The molecule has 2 N–H and O–H groups in total. The van der Waals surface area contributed by atoms with E-state index in [4.69, 9.17) is 10.5 Å². The molecule has 1 atom stereocenters. The summed E-state index contributed by atoms with van der Waals surface area (Å²) in [5.74, 6) is 0.661. The number of carbonyl (C=O) groups is 1. The third-order valence-electron chi connectivity index (χ3n) is 2.97. The molecule has 0 spiro atoms. The van der Waals surface area contributed by atoms with E-state index in [9.17, 15) is 4.79 Å². The summed E-state index contributed by atoms with van der Waals surface area (Å²) in [7, 11) is 0. The fraction of sp³-hybridized carbons (Fsp3) is 0.923. The Morgan fingerprint density at radius 3 is 2.35 bits per heavy atom. The fourth-order valence-electron chi connectivity index (χ4n) is 2.20. The molecule has 1 aliphatic heterocycles. The van der Waals surface area contributed by atoms with Crippen molar-refractivity contribution in [1.29, 1.82) is 0 Å². The molecule has 4 heteroatoms. The first kappa shape index (κ1) is 14.3. The van der Waals surface area contributed by atoms with Gasteiger partial charge in [0.25, 0.3) is 0 Å². The quantitative estimate of drug-likeness (QED) is 0.808. The SMILES string of the molecule is CC(N)CC1CCN(C(=O)OC(C)(C)C)CC1. The minimum atomic E-state index is -0.403. The van der Waals surface area contributed by atoms with Crippen LogP contribution in [0.4, 0.5) is 4.79 Å². The summed E-state index contributed by atoms with van der Waals surface area (Å²) in [6.07, 6.45) is 2.96. The molecule has 1 rings (SSSR count). The second kappa shape index (κ2) is 5.71. The van der Waals surface area contributed by atoms with E-state index >= 15 is 0 Å². The third kappa shape index (κ3) is 5.39. The van der Waals surface area contributed by atoms with E-state index in [0.29, 0.717) is 5.92 Å². The summed E-state index contributed by atoms with van der Waals surface area (Å²) in [5, 5.41) is 0. The van der Waals surface area contributed by atoms with Gasteiger partial charge in [-0.3, -0.25) is 0 Å². The predicted octanol–water partition coefficient (Wildman–Crippen LogP) is 2.37. The van der Waals surface area contributed by atoms with Gasteiger partial charge < -0.3 is 15.4 Å². The highest BCUT2D eigenvalue weighted by Gasteiger charge is 2.26. The van der Waals surface area contributed by atoms with E-state index in [1.165, 1.54) is 0 Å². The highest BCUT2D eigenvalue weighted by molar-refractivity contribution is 5.68. The van der Waals surface area contributed by atoms with Crippen molar-refractivity contribution in [2.24, 2.45) is 11.7 Å². The summed E-state index contributed by atoms with van der Waals surface area (Å²) in [6.45, 7) is 9.33. The zero-order valence-electron chi connectivity index (χ0n) is 11.5. The molecule has 0 radical (unpaired) electrons. The van der Waals surface area contributed by atoms with Crippen LogP contribution in [0, 0.1) is 5.92 Å². The molecular formula is C13H26N2O2. The number of rotatable bonds is 2. The van der Waals surface area contributed by atoms with Crippen molar-refractivity contribution in [3.8, 4) is 0 Å². The van der Waals surface area contributed by atoms with Crippen molar-refractivity contribution in [2.45, 2.75) is 58.6 Å². The monoisotopic (exact) mass is 242 g/mol. The van der Waals surface area contributed by atoms with Gasteiger partial charge in [0.2, 0.25) is 0 Å². The van der Waals surface area contributed by atoms with Crippen molar-refractivity contribution in [2.75, 3.05) is 13.1 Å². The van der Waals surface area contributed by atoms with Gasteiger partial charge in [0.05, 0.1) is 0 Å². The van der Waals surface area contributed by atoms with Crippen molar-refractivity contribution in [3.05, 3.63) is 0 Å². The molecule has 17 heavy (non-hydrogen) atoms. The van der Waals surface area contributed by atoms with Gasteiger partial charge in [-0.25, -0.2) is 4.79 Å². The summed E-state index contributed by atoms with van der Waals surface area (Å²) in [4.78, 5) is 13.6. The minimum absolute atomic E-state index is 0.184. The fourth-order valence-corrected chi connectivity index (χ4v) is 2.20. The number of hydrogen-bond donors (Lipinski definition) is 1. The van der Waals surface area contributed by atoms with Crippen LogP contribution in [0.5, 0.6) is 0 Å². The molecule has 1 saturated heterocycles. The maximum Gasteiger partial charge on any atom is 0.410 e. The van der Waals surface area contributed by atoms with Gasteiger partial charge in [0, 0.05) is 19.1 Å². The van der Waals surface area contributed by atoms with E-state index in [1.54, 1.807) is 0 Å². The van der Waals surface area contributed by atoms with Gasteiger partial charge in [0.1, 0.15) is 5.60 Å². The van der Waals surface area contributed by atoms with Crippen LogP contribution in [0.25, 0.3) is 0 Å². The third-order valence-corrected chi connectivity index (χ3v) is 2.97. The van der Waals surface area contributed by atoms with Gasteiger partial charge >= 0.3 is 6.09 Å². The molecule has 0 aliphatic carbocycles. The van der Waals surface area contributed by atoms with Crippen molar-refractivity contribution in [3.63, 3.8) is 0 Å². The van der Waals surface area contributed by atoms with E-state index in [-0.39, 0.29) is 12.1 Å². The number of likely N-dealkylation sites (tertiary alicyclic amines) is 1. The predicted molar refractivity (Wildman–Crippen MR) is 68.8 cm³/mol. The lowest BCUT2D eigenvalue weighted by Gasteiger charge is -2.33. The van der Waals surface area contributed by atoms with Gasteiger partial charge in [-0.05, 0) is 52.9 Å². The summed E-state index contributed by atoms with van der Waals surface area (Å²) in [6, 6.07) is 0.257. The zero-order chi connectivity index (χ0) is 13.1. The average molecular weight is 242 g/mol. The van der Waals surface area contributed by atoms with E-state index in [2.05, 4.69) is 0 Å².